The number of ether oxygens (including phenoxy) is 1. The lowest BCUT2D eigenvalue weighted by molar-refractivity contribution is -0.134. The van der Waals surface area contributed by atoms with E-state index >= 15 is 0 Å². The molecule has 0 bridgehead atoms. The maximum Gasteiger partial charge on any atom is 0.311 e. The molecule has 1 aromatic heterocycles. The van der Waals surface area contributed by atoms with Crippen molar-refractivity contribution < 1.29 is 9.53 Å². The lowest BCUT2D eigenvalue weighted by atomic mass is 10.1. The normalized spacial score (nSPS) is 11.0. The molecule has 0 spiro atoms. The molecule has 0 saturated carbocycles. The van der Waals surface area contributed by atoms with Crippen LogP contribution in [0.4, 0.5) is 0 Å². The maximum atomic E-state index is 12.1. The Balaban J connectivity index is 1.51. The fourth-order valence-electron chi connectivity index (χ4n) is 2.96. The molecule has 0 fully saturated rings. The van der Waals surface area contributed by atoms with E-state index in [0.717, 1.165) is 27.4 Å². The van der Waals surface area contributed by atoms with Crippen molar-refractivity contribution in [3.05, 3.63) is 78.4 Å². The Morgan fingerprint density at radius 3 is 2.46 bits per heavy atom. The number of carbonyl (C=O) groups is 1. The lowest BCUT2D eigenvalue weighted by Crippen LogP contribution is -2.08. The van der Waals surface area contributed by atoms with E-state index in [2.05, 4.69) is 11.1 Å². The van der Waals surface area contributed by atoms with Gasteiger partial charge in [-0.05, 0) is 36.2 Å². The van der Waals surface area contributed by atoms with E-state index in [0.29, 0.717) is 18.6 Å². The standard InChI is InChI=1S/C21H17NO2/c23-21(13-10-15-6-2-1-3-7-15)24-16-11-12-20-18(14-16)17-8-4-5-9-19(17)22-20/h1-9,11-12,14,22H,10,13H2. The number of aryl methyl sites for hydroxylation is 1. The van der Waals surface area contributed by atoms with Gasteiger partial charge in [-0.3, -0.25) is 4.79 Å². The molecule has 0 saturated heterocycles. The second-order valence-electron chi connectivity index (χ2n) is 5.84. The summed E-state index contributed by atoms with van der Waals surface area (Å²) in [5.74, 6) is 0.378. The summed E-state index contributed by atoms with van der Waals surface area (Å²) in [6, 6.07) is 23.8. The summed E-state index contributed by atoms with van der Waals surface area (Å²) in [6.45, 7) is 0. The molecular formula is C21H17NO2. The van der Waals surface area contributed by atoms with Gasteiger partial charge in [0.05, 0.1) is 0 Å². The van der Waals surface area contributed by atoms with E-state index in [1.165, 1.54) is 0 Å². The molecule has 24 heavy (non-hydrogen) atoms. The van der Waals surface area contributed by atoms with Gasteiger partial charge < -0.3 is 9.72 Å². The van der Waals surface area contributed by atoms with Crippen molar-refractivity contribution in [1.82, 2.24) is 4.98 Å². The van der Waals surface area contributed by atoms with Crippen molar-refractivity contribution in [3.63, 3.8) is 0 Å². The average molecular weight is 315 g/mol. The first-order valence-electron chi connectivity index (χ1n) is 8.05. The van der Waals surface area contributed by atoms with E-state index in [1.807, 2.05) is 66.7 Å². The van der Waals surface area contributed by atoms with E-state index in [4.69, 9.17) is 4.74 Å². The van der Waals surface area contributed by atoms with Gasteiger partial charge in [-0.25, -0.2) is 0 Å². The zero-order chi connectivity index (χ0) is 16.4. The number of H-pyrrole nitrogens is 1. The van der Waals surface area contributed by atoms with Gasteiger partial charge in [0.15, 0.2) is 0 Å². The lowest BCUT2D eigenvalue weighted by Gasteiger charge is -2.05. The van der Waals surface area contributed by atoms with E-state index in [9.17, 15) is 4.79 Å². The Hall–Kier alpha value is -3.07. The Labute approximate surface area is 139 Å². The van der Waals surface area contributed by atoms with Crippen molar-refractivity contribution in [2.45, 2.75) is 12.8 Å². The molecule has 3 aromatic carbocycles. The van der Waals surface area contributed by atoms with Crippen LogP contribution in [0.25, 0.3) is 21.8 Å². The second kappa shape index (κ2) is 6.20. The molecule has 3 heteroatoms. The first kappa shape index (κ1) is 14.5. The highest BCUT2D eigenvalue weighted by atomic mass is 16.5. The van der Waals surface area contributed by atoms with Crippen molar-refractivity contribution in [1.29, 1.82) is 0 Å². The molecule has 0 unspecified atom stereocenters. The Bertz CT molecular complexity index is 1000. The summed E-state index contributed by atoms with van der Waals surface area (Å²) in [7, 11) is 0. The second-order valence-corrected chi connectivity index (χ2v) is 5.84. The highest BCUT2D eigenvalue weighted by Gasteiger charge is 2.09. The average Bonchev–Trinajstić information content (AvgIpc) is 2.99. The number of aromatic amines is 1. The van der Waals surface area contributed by atoms with Crippen LogP contribution in [0.1, 0.15) is 12.0 Å². The van der Waals surface area contributed by atoms with Gasteiger partial charge in [-0.2, -0.15) is 0 Å². The minimum atomic E-state index is -0.210. The predicted octanol–water partition coefficient (Wildman–Crippen LogP) is 4.86. The summed E-state index contributed by atoms with van der Waals surface area (Å²) >= 11 is 0. The third-order valence-corrected chi connectivity index (χ3v) is 4.17. The predicted molar refractivity (Wildman–Crippen MR) is 96.2 cm³/mol. The van der Waals surface area contributed by atoms with Crippen LogP contribution in [-0.2, 0) is 11.2 Å². The zero-order valence-electron chi connectivity index (χ0n) is 13.2. The molecule has 118 valence electrons. The van der Waals surface area contributed by atoms with Crippen molar-refractivity contribution in [3.8, 4) is 5.75 Å². The quantitative estimate of drug-likeness (QED) is 0.432. The number of benzene rings is 3. The minimum Gasteiger partial charge on any atom is -0.426 e. The minimum absolute atomic E-state index is 0.210. The van der Waals surface area contributed by atoms with Crippen molar-refractivity contribution >= 4 is 27.8 Å². The van der Waals surface area contributed by atoms with Gasteiger partial charge in [0.2, 0.25) is 0 Å². The molecule has 0 aliphatic heterocycles. The van der Waals surface area contributed by atoms with Crippen LogP contribution in [0.5, 0.6) is 5.75 Å². The molecule has 4 aromatic rings. The van der Waals surface area contributed by atoms with Crippen LogP contribution in [0, 0.1) is 0 Å². The molecular weight excluding hydrogens is 298 g/mol. The number of nitrogens with one attached hydrogen (secondary N) is 1. The Kier molecular flexibility index (Phi) is 3.75. The summed E-state index contributed by atoms with van der Waals surface area (Å²) < 4.78 is 5.51. The number of fused-ring (bicyclic) bond motifs is 3. The number of carbonyl (C=O) groups excluding carboxylic acids is 1. The smallest absolute Gasteiger partial charge is 0.311 e. The molecule has 0 aliphatic carbocycles. The van der Waals surface area contributed by atoms with Crippen molar-refractivity contribution in [2.24, 2.45) is 0 Å². The summed E-state index contributed by atoms with van der Waals surface area (Å²) in [6.07, 6.45) is 1.06. The van der Waals surface area contributed by atoms with Gasteiger partial charge in [0.25, 0.3) is 0 Å². The number of para-hydroxylation sites is 1. The number of rotatable bonds is 4. The molecule has 4 rings (SSSR count). The van der Waals surface area contributed by atoms with Crippen LogP contribution in [-0.4, -0.2) is 11.0 Å². The van der Waals surface area contributed by atoms with Gasteiger partial charge in [-0.15, -0.1) is 0 Å². The first-order chi connectivity index (χ1) is 11.8. The third kappa shape index (κ3) is 2.88. The zero-order valence-corrected chi connectivity index (χ0v) is 13.2. The van der Waals surface area contributed by atoms with Gasteiger partial charge in [0.1, 0.15) is 5.75 Å². The van der Waals surface area contributed by atoms with E-state index < -0.39 is 0 Å². The third-order valence-electron chi connectivity index (χ3n) is 4.17. The van der Waals surface area contributed by atoms with Crippen LogP contribution < -0.4 is 4.74 Å². The first-order valence-corrected chi connectivity index (χ1v) is 8.05. The number of hydrogen-bond donors (Lipinski definition) is 1. The number of hydrogen-bond acceptors (Lipinski definition) is 2. The molecule has 0 amide bonds. The van der Waals surface area contributed by atoms with Crippen LogP contribution >= 0.6 is 0 Å². The fourth-order valence-corrected chi connectivity index (χ4v) is 2.96. The Morgan fingerprint density at radius 2 is 1.58 bits per heavy atom. The van der Waals surface area contributed by atoms with E-state index in [1.54, 1.807) is 0 Å². The van der Waals surface area contributed by atoms with Gasteiger partial charge in [-0.1, -0.05) is 48.5 Å². The largest absolute Gasteiger partial charge is 0.426 e. The molecule has 1 N–H and O–H groups in total. The van der Waals surface area contributed by atoms with Gasteiger partial charge in [0, 0.05) is 28.2 Å². The summed E-state index contributed by atoms with van der Waals surface area (Å²) in [5, 5.41) is 2.20. The summed E-state index contributed by atoms with van der Waals surface area (Å²) in [5.41, 5.74) is 3.27. The van der Waals surface area contributed by atoms with E-state index in [-0.39, 0.29) is 5.97 Å². The Morgan fingerprint density at radius 1 is 0.833 bits per heavy atom. The monoisotopic (exact) mass is 315 g/mol. The van der Waals surface area contributed by atoms with Crippen LogP contribution in [0.15, 0.2) is 72.8 Å². The van der Waals surface area contributed by atoms with Gasteiger partial charge >= 0.3 is 5.97 Å². The van der Waals surface area contributed by atoms with Crippen LogP contribution in [0.3, 0.4) is 0 Å². The SMILES string of the molecule is O=C(CCc1ccccc1)Oc1ccc2[nH]c3ccccc3c2c1. The molecule has 0 atom stereocenters. The fraction of sp³-hybridized carbons (Fsp3) is 0.0952. The highest BCUT2D eigenvalue weighted by molar-refractivity contribution is 6.07. The van der Waals surface area contributed by atoms with Crippen LogP contribution in [0.2, 0.25) is 0 Å². The molecule has 1 heterocycles. The molecule has 0 aliphatic rings. The summed E-state index contributed by atoms with van der Waals surface area (Å²) in [4.78, 5) is 15.5. The number of esters is 1. The molecule has 3 nitrogen and oxygen atoms in total. The van der Waals surface area contributed by atoms with Crippen molar-refractivity contribution in [2.75, 3.05) is 0 Å². The maximum absolute atomic E-state index is 12.1. The number of aromatic nitrogens is 1. The highest BCUT2D eigenvalue weighted by Crippen LogP contribution is 2.28. The molecule has 0 radical (unpaired) electrons. The topological polar surface area (TPSA) is 42.1 Å².